The first-order valence-corrected chi connectivity index (χ1v) is 9.75. The summed E-state index contributed by atoms with van der Waals surface area (Å²) in [4.78, 5) is 9.04. The number of anilines is 1. The standard InChI is InChI=1S/C22H23ClN4O/c1-14(2)19(12-28-11-15-7-9-16(23)10-8-15)27-13-25-20-21(27)17-5-3-4-6-18(17)26-22(20)24/h3-10,13-14,19H,11-12H2,1-2H3,(H2,24,26). The van der Waals surface area contributed by atoms with Crippen LogP contribution in [0.2, 0.25) is 5.02 Å². The second kappa shape index (κ2) is 7.78. The summed E-state index contributed by atoms with van der Waals surface area (Å²) < 4.78 is 8.24. The molecule has 144 valence electrons. The third kappa shape index (κ3) is 3.55. The van der Waals surface area contributed by atoms with Gasteiger partial charge in [-0.25, -0.2) is 9.97 Å². The normalized spacial score (nSPS) is 12.9. The molecule has 4 aromatic rings. The van der Waals surface area contributed by atoms with E-state index in [4.69, 9.17) is 22.1 Å². The molecule has 6 heteroatoms. The van der Waals surface area contributed by atoms with Crippen molar-refractivity contribution in [3.63, 3.8) is 0 Å². The number of hydrogen-bond donors (Lipinski definition) is 1. The zero-order chi connectivity index (χ0) is 19.7. The van der Waals surface area contributed by atoms with Crippen molar-refractivity contribution in [1.29, 1.82) is 0 Å². The van der Waals surface area contributed by atoms with Crippen LogP contribution in [-0.2, 0) is 11.3 Å². The number of imidazole rings is 1. The van der Waals surface area contributed by atoms with Crippen molar-refractivity contribution in [2.24, 2.45) is 5.92 Å². The van der Waals surface area contributed by atoms with Gasteiger partial charge in [0.2, 0.25) is 0 Å². The van der Waals surface area contributed by atoms with Crippen molar-refractivity contribution in [2.45, 2.75) is 26.5 Å². The molecule has 0 saturated heterocycles. The first kappa shape index (κ1) is 18.7. The Morgan fingerprint density at radius 2 is 1.86 bits per heavy atom. The van der Waals surface area contributed by atoms with E-state index in [1.54, 1.807) is 0 Å². The molecule has 2 heterocycles. The van der Waals surface area contributed by atoms with E-state index in [-0.39, 0.29) is 6.04 Å². The van der Waals surface area contributed by atoms with Crippen molar-refractivity contribution in [2.75, 3.05) is 12.3 Å². The summed E-state index contributed by atoms with van der Waals surface area (Å²) in [5.74, 6) is 0.813. The first-order valence-electron chi connectivity index (χ1n) is 9.37. The smallest absolute Gasteiger partial charge is 0.152 e. The molecule has 0 amide bonds. The van der Waals surface area contributed by atoms with Gasteiger partial charge in [0.25, 0.3) is 0 Å². The van der Waals surface area contributed by atoms with Gasteiger partial charge in [-0.05, 0) is 29.7 Å². The van der Waals surface area contributed by atoms with Gasteiger partial charge in [0.15, 0.2) is 5.82 Å². The minimum Gasteiger partial charge on any atom is -0.382 e. The number of halogens is 1. The molecule has 0 bridgehead atoms. The number of nitrogens with two attached hydrogens (primary N) is 1. The Kier molecular flexibility index (Phi) is 5.20. The van der Waals surface area contributed by atoms with Crippen LogP contribution in [0.15, 0.2) is 54.9 Å². The van der Waals surface area contributed by atoms with Crippen LogP contribution >= 0.6 is 11.6 Å². The molecule has 0 spiro atoms. The summed E-state index contributed by atoms with van der Waals surface area (Å²) in [7, 11) is 0. The molecule has 28 heavy (non-hydrogen) atoms. The molecule has 0 fully saturated rings. The highest BCUT2D eigenvalue weighted by Gasteiger charge is 2.21. The number of nitrogens with zero attached hydrogens (tertiary/aromatic N) is 3. The number of ether oxygens (including phenoxy) is 1. The third-order valence-corrected chi connectivity index (χ3v) is 5.29. The lowest BCUT2D eigenvalue weighted by molar-refractivity contribution is 0.0767. The van der Waals surface area contributed by atoms with Gasteiger partial charge in [-0.2, -0.15) is 0 Å². The van der Waals surface area contributed by atoms with Crippen molar-refractivity contribution in [3.8, 4) is 0 Å². The summed E-state index contributed by atoms with van der Waals surface area (Å²) >= 11 is 5.95. The van der Waals surface area contributed by atoms with E-state index in [0.29, 0.717) is 24.9 Å². The van der Waals surface area contributed by atoms with E-state index in [2.05, 4.69) is 34.4 Å². The molecule has 0 saturated carbocycles. The number of para-hydroxylation sites is 1. The highest BCUT2D eigenvalue weighted by Crippen LogP contribution is 2.31. The Balaban J connectivity index is 1.66. The predicted molar refractivity (Wildman–Crippen MR) is 114 cm³/mol. The van der Waals surface area contributed by atoms with Gasteiger partial charge in [-0.15, -0.1) is 0 Å². The number of benzene rings is 2. The fourth-order valence-corrected chi connectivity index (χ4v) is 3.62. The van der Waals surface area contributed by atoms with Crippen molar-refractivity contribution >= 4 is 39.4 Å². The quantitative estimate of drug-likeness (QED) is 0.486. The Morgan fingerprint density at radius 1 is 1.11 bits per heavy atom. The molecular formula is C22H23ClN4O. The predicted octanol–water partition coefficient (Wildman–Crippen LogP) is 5.23. The van der Waals surface area contributed by atoms with E-state index < -0.39 is 0 Å². The van der Waals surface area contributed by atoms with E-state index in [9.17, 15) is 0 Å². The molecule has 0 aliphatic carbocycles. The topological polar surface area (TPSA) is 66.0 Å². The van der Waals surface area contributed by atoms with Crippen molar-refractivity contribution in [3.05, 3.63) is 65.4 Å². The molecule has 4 rings (SSSR count). The van der Waals surface area contributed by atoms with Gasteiger partial charge in [0.05, 0.1) is 36.6 Å². The van der Waals surface area contributed by atoms with E-state index >= 15 is 0 Å². The maximum Gasteiger partial charge on any atom is 0.152 e. The van der Waals surface area contributed by atoms with Gasteiger partial charge in [0, 0.05) is 10.4 Å². The number of rotatable bonds is 6. The number of nitrogen functional groups attached to an aromatic ring is 1. The summed E-state index contributed by atoms with van der Waals surface area (Å²) in [5.41, 5.74) is 9.89. The van der Waals surface area contributed by atoms with Crippen molar-refractivity contribution in [1.82, 2.24) is 14.5 Å². The maximum absolute atomic E-state index is 6.17. The Morgan fingerprint density at radius 3 is 2.61 bits per heavy atom. The van der Waals surface area contributed by atoms with Gasteiger partial charge in [-0.1, -0.05) is 55.8 Å². The fourth-order valence-electron chi connectivity index (χ4n) is 3.49. The monoisotopic (exact) mass is 394 g/mol. The molecular weight excluding hydrogens is 372 g/mol. The molecule has 2 N–H and O–H groups in total. The summed E-state index contributed by atoms with van der Waals surface area (Å²) in [6, 6.07) is 15.9. The fraction of sp³-hybridized carbons (Fsp3) is 0.273. The first-order chi connectivity index (χ1) is 13.5. The van der Waals surface area contributed by atoms with Crippen LogP contribution in [0.3, 0.4) is 0 Å². The lowest BCUT2D eigenvalue weighted by Gasteiger charge is -2.24. The molecule has 5 nitrogen and oxygen atoms in total. The van der Waals surface area contributed by atoms with Crippen LogP contribution in [-0.4, -0.2) is 21.1 Å². The second-order valence-corrected chi connectivity index (χ2v) is 7.75. The molecule has 2 aromatic heterocycles. The summed E-state index contributed by atoms with van der Waals surface area (Å²) in [5, 5.41) is 1.78. The lowest BCUT2D eigenvalue weighted by atomic mass is 10.0. The maximum atomic E-state index is 6.17. The lowest BCUT2D eigenvalue weighted by Crippen LogP contribution is -2.20. The second-order valence-electron chi connectivity index (χ2n) is 7.32. The Hall–Kier alpha value is -2.63. The summed E-state index contributed by atoms with van der Waals surface area (Å²) in [6.45, 7) is 5.49. The van der Waals surface area contributed by atoms with Gasteiger partial charge in [0.1, 0.15) is 5.52 Å². The van der Waals surface area contributed by atoms with Gasteiger partial charge >= 0.3 is 0 Å². The summed E-state index contributed by atoms with van der Waals surface area (Å²) in [6.07, 6.45) is 1.85. The minimum absolute atomic E-state index is 0.127. The van der Waals surface area contributed by atoms with Gasteiger partial charge < -0.3 is 15.0 Å². The van der Waals surface area contributed by atoms with Crippen LogP contribution in [0.5, 0.6) is 0 Å². The van der Waals surface area contributed by atoms with Crippen LogP contribution < -0.4 is 5.73 Å². The Labute approximate surface area is 169 Å². The van der Waals surface area contributed by atoms with E-state index in [1.807, 2.05) is 48.8 Å². The molecule has 1 atom stereocenters. The molecule has 0 aliphatic rings. The van der Waals surface area contributed by atoms with Crippen LogP contribution in [0.4, 0.5) is 5.82 Å². The number of aromatic nitrogens is 3. The molecule has 0 aliphatic heterocycles. The van der Waals surface area contributed by atoms with E-state index in [0.717, 1.165) is 32.5 Å². The number of pyridine rings is 1. The SMILES string of the molecule is CC(C)C(COCc1ccc(Cl)cc1)n1cnc2c(N)nc3ccccc3c21. The molecule has 2 aromatic carbocycles. The Bertz CT molecular complexity index is 1100. The zero-order valence-corrected chi connectivity index (χ0v) is 16.7. The largest absolute Gasteiger partial charge is 0.382 e. The van der Waals surface area contributed by atoms with E-state index in [1.165, 1.54) is 0 Å². The van der Waals surface area contributed by atoms with Crippen LogP contribution in [0, 0.1) is 5.92 Å². The zero-order valence-electron chi connectivity index (χ0n) is 16.0. The average Bonchev–Trinajstić information content (AvgIpc) is 3.12. The highest BCUT2D eigenvalue weighted by molar-refractivity contribution is 6.30. The van der Waals surface area contributed by atoms with Crippen LogP contribution in [0.1, 0.15) is 25.5 Å². The molecule has 0 radical (unpaired) electrons. The number of hydrogen-bond acceptors (Lipinski definition) is 4. The van der Waals surface area contributed by atoms with Crippen LogP contribution in [0.25, 0.3) is 21.9 Å². The van der Waals surface area contributed by atoms with Crippen molar-refractivity contribution < 1.29 is 4.74 Å². The third-order valence-electron chi connectivity index (χ3n) is 5.03. The molecule has 1 unspecified atom stereocenters. The minimum atomic E-state index is 0.127. The number of fused-ring (bicyclic) bond motifs is 3. The van der Waals surface area contributed by atoms with Gasteiger partial charge in [-0.3, -0.25) is 0 Å². The average molecular weight is 395 g/mol. The highest BCUT2D eigenvalue weighted by atomic mass is 35.5.